The molecule has 170 valence electrons. The Hall–Kier alpha value is -3.12. The van der Waals surface area contributed by atoms with E-state index in [1.807, 2.05) is 26.0 Å². The molecule has 0 spiro atoms. The van der Waals surface area contributed by atoms with Gasteiger partial charge in [-0.1, -0.05) is 30.9 Å². The largest absolute Gasteiger partial charge is 0.383 e. The van der Waals surface area contributed by atoms with Crippen LogP contribution in [0.2, 0.25) is 0 Å². The summed E-state index contributed by atoms with van der Waals surface area (Å²) in [6.07, 6.45) is 8.43. The quantitative estimate of drug-likeness (QED) is 0.342. The summed E-state index contributed by atoms with van der Waals surface area (Å²) in [4.78, 5) is 15.9. The van der Waals surface area contributed by atoms with Crippen molar-refractivity contribution in [1.82, 2.24) is 15.6 Å². The molecule has 6 heteroatoms. The van der Waals surface area contributed by atoms with Gasteiger partial charge in [0.2, 0.25) is 0 Å². The SMILES string of the molecule is C=C/C=C(CNC1=C(c2cc3c(F)cccc3[nH]2)C(=O)NCC1)\C(=C/C)CCCOCC. The number of ether oxygens (including phenoxy) is 1. The molecule has 1 amide bonds. The van der Waals surface area contributed by atoms with Crippen LogP contribution >= 0.6 is 0 Å². The first-order valence-electron chi connectivity index (χ1n) is 11.2. The zero-order chi connectivity index (χ0) is 22.9. The van der Waals surface area contributed by atoms with E-state index in [2.05, 4.69) is 28.3 Å². The van der Waals surface area contributed by atoms with Gasteiger partial charge in [0.05, 0.1) is 11.3 Å². The number of rotatable bonds is 11. The molecule has 3 rings (SSSR count). The first kappa shape index (κ1) is 23.5. The summed E-state index contributed by atoms with van der Waals surface area (Å²) in [7, 11) is 0. The number of benzene rings is 1. The molecule has 5 nitrogen and oxygen atoms in total. The van der Waals surface area contributed by atoms with E-state index in [4.69, 9.17) is 4.74 Å². The summed E-state index contributed by atoms with van der Waals surface area (Å²) in [5.41, 5.74) is 5.01. The summed E-state index contributed by atoms with van der Waals surface area (Å²) in [5, 5.41) is 6.85. The highest BCUT2D eigenvalue weighted by Crippen LogP contribution is 2.27. The number of H-pyrrole nitrogens is 1. The van der Waals surface area contributed by atoms with Crippen LogP contribution in [0.5, 0.6) is 0 Å². The third-order valence-electron chi connectivity index (χ3n) is 5.58. The van der Waals surface area contributed by atoms with Crippen LogP contribution in [0.3, 0.4) is 0 Å². The van der Waals surface area contributed by atoms with Crippen LogP contribution in [0.1, 0.15) is 38.8 Å². The minimum atomic E-state index is -0.308. The van der Waals surface area contributed by atoms with Crippen LogP contribution in [0.25, 0.3) is 16.5 Å². The van der Waals surface area contributed by atoms with Crippen molar-refractivity contribution in [3.8, 4) is 0 Å². The first-order chi connectivity index (χ1) is 15.6. The number of nitrogens with one attached hydrogen (secondary N) is 3. The van der Waals surface area contributed by atoms with Gasteiger partial charge in [0.15, 0.2) is 0 Å². The molecule has 0 saturated carbocycles. The number of hydrogen-bond donors (Lipinski definition) is 3. The average molecular weight is 438 g/mol. The van der Waals surface area contributed by atoms with E-state index >= 15 is 0 Å². The molecule has 2 aromatic rings. The lowest BCUT2D eigenvalue weighted by atomic mass is 9.99. The van der Waals surface area contributed by atoms with Gasteiger partial charge in [-0.15, -0.1) is 0 Å². The number of allylic oxidation sites excluding steroid dienone is 3. The minimum Gasteiger partial charge on any atom is -0.383 e. The fourth-order valence-electron chi connectivity index (χ4n) is 3.99. The molecule has 1 aliphatic heterocycles. The second kappa shape index (κ2) is 11.5. The van der Waals surface area contributed by atoms with Gasteiger partial charge in [-0.05, 0) is 56.0 Å². The molecule has 0 unspecified atom stereocenters. The lowest BCUT2D eigenvalue weighted by Gasteiger charge is -2.23. The van der Waals surface area contributed by atoms with Gasteiger partial charge in [-0.3, -0.25) is 4.79 Å². The zero-order valence-corrected chi connectivity index (χ0v) is 18.9. The molecule has 32 heavy (non-hydrogen) atoms. The van der Waals surface area contributed by atoms with Crippen molar-refractivity contribution < 1.29 is 13.9 Å². The summed E-state index contributed by atoms with van der Waals surface area (Å²) in [6.45, 7) is 10.5. The van der Waals surface area contributed by atoms with E-state index < -0.39 is 0 Å². The standard InChI is InChI=1S/C26H32FN3O2/c1-4-9-19(18(5-2)10-8-15-32-6-3)17-29-23-13-14-28-26(31)25(23)24-16-20-21(27)11-7-12-22(20)30-24/h4-5,7,9,11-12,16,29-30H,1,6,8,10,13-15,17H2,2-3H3,(H,28,31)/b18-5-,19-9-. The van der Waals surface area contributed by atoms with E-state index in [1.54, 1.807) is 18.2 Å². The van der Waals surface area contributed by atoms with Crippen LogP contribution in [-0.4, -0.2) is 37.2 Å². The molecule has 0 radical (unpaired) electrons. The van der Waals surface area contributed by atoms with E-state index in [0.717, 1.165) is 37.3 Å². The lowest BCUT2D eigenvalue weighted by Crippen LogP contribution is -2.35. The lowest BCUT2D eigenvalue weighted by molar-refractivity contribution is -0.115. The third kappa shape index (κ3) is 5.56. The first-order valence-corrected chi connectivity index (χ1v) is 11.2. The third-order valence-corrected chi connectivity index (χ3v) is 5.58. The molecular weight excluding hydrogens is 405 g/mol. The maximum absolute atomic E-state index is 14.2. The molecule has 0 saturated heterocycles. The monoisotopic (exact) mass is 437 g/mol. The second-order valence-electron chi connectivity index (χ2n) is 7.64. The fourth-order valence-corrected chi connectivity index (χ4v) is 3.99. The Morgan fingerprint density at radius 1 is 1.34 bits per heavy atom. The van der Waals surface area contributed by atoms with Crippen LogP contribution in [0.4, 0.5) is 4.39 Å². The van der Waals surface area contributed by atoms with Gasteiger partial charge in [-0.25, -0.2) is 4.39 Å². The van der Waals surface area contributed by atoms with Crippen molar-refractivity contribution in [2.24, 2.45) is 0 Å². The highest BCUT2D eigenvalue weighted by Gasteiger charge is 2.24. The minimum absolute atomic E-state index is 0.164. The number of carbonyl (C=O) groups excluding carboxylic acids is 1. The van der Waals surface area contributed by atoms with Gasteiger partial charge in [-0.2, -0.15) is 0 Å². The van der Waals surface area contributed by atoms with Crippen molar-refractivity contribution in [2.45, 2.75) is 33.1 Å². The summed E-state index contributed by atoms with van der Waals surface area (Å²) >= 11 is 0. The fraction of sp³-hybridized carbons (Fsp3) is 0.346. The summed E-state index contributed by atoms with van der Waals surface area (Å²) < 4.78 is 19.7. The number of aromatic amines is 1. The van der Waals surface area contributed by atoms with Crippen molar-refractivity contribution in [3.05, 3.63) is 77.4 Å². The van der Waals surface area contributed by atoms with Crippen molar-refractivity contribution in [2.75, 3.05) is 26.3 Å². The Bertz CT molecular complexity index is 1060. The molecule has 0 bridgehead atoms. The molecule has 0 aliphatic carbocycles. The van der Waals surface area contributed by atoms with Crippen molar-refractivity contribution >= 4 is 22.4 Å². The van der Waals surface area contributed by atoms with Gasteiger partial charge in [0.1, 0.15) is 5.82 Å². The normalized spacial score (nSPS) is 15.3. The second-order valence-corrected chi connectivity index (χ2v) is 7.64. The smallest absolute Gasteiger partial charge is 0.255 e. The van der Waals surface area contributed by atoms with Crippen LogP contribution in [-0.2, 0) is 9.53 Å². The molecule has 1 aliphatic rings. The Balaban J connectivity index is 1.84. The van der Waals surface area contributed by atoms with Crippen molar-refractivity contribution in [1.29, 1.82) is 0 Å². The Morgan fingerprint density at radius 2 is 2.19 bits per heavy atom. The summed E-state index contributed by atoms with van der Waals surface area (Å²) in [6, 6.07) is 6.59. The van der Waals surface area contributed by atoms with Gasteiger partial charge >= 0.3 is 0 Å². The predicted molar refractivity (Wildman–Crippen MR) is 129 cm³/mol. The van der Waals surface area contributed by atoms with Gasteiger partial charge in [0, 0.05) is 49.3 Å². The van der Waals surface area contributed by atoms with Crippen LogP contribution < -0.4 is 10.6 Å². The zero-order valence-electron chi connectivity index (χ0n) is 18.9. The predicted octanol–water partition coefficient (Wildman–Crippen LogP) is 5.00. The van der Waals surface area contributed by atoms with E-state index in [1.165, 1.54) is 11.6 Å². The van der Waals surface area contributed by atoms with Crippen molar-refractivity contribution in [3.63, 3.8) is 0 Å². The maximum Gasteiger partial charge on any atom is 0.255 e. The molecular formula is C26H32FN3O2. The highest BCUT2D eigenvalue weighted by molar-refractivity contribution is 6.21. The number of fused-ring (bicyclic) bond motifs is 1. The van der Waals surface area contributed by atoms with E-state index in [9.17, 15) is 9.18 Å². The number of aromatic nitrogens is 1. The summed E-state index contributed by atoms with van der Waals surface area (Å²) in [5.74, 6) is -0.472. The Kier molecular flexibility index (Phi) is 8.45. The highest BCUT2D eigenvalue weighted by atomic mass is 19.1. The number of hydrogen-bond acceptors (Lipinski definition) is 3. The molecule has 0 fully saturated rings. The molecule has 1 aromatic carbocycles. The van der Waals surface area contributed by atoms with E-state index in [0.29, 0.717) is 41.7 Å². The van der Waals surface area contributed by atoms with Gasteiger partial charge < -0.3 is 20.4 Å². The van der Waals surface area contributed by atoms with Crippen LogP contribution in [0, 0.1) is 5.82 Å². The maximum atomic E-state index is 14.2. The molecule has 0 atom stereocenters. The Labute approximate surface area is 189 Å². The molecule has 1 aromatic heterocycles. The number of halogens is 1. The molecule has 3 N–H and O–H groups in total. The number of amides is 1. The number of carbonyl (C=O) groups is 1. The average Bonchev–Trinajstić information content (AvgIpc) is 3.22. The topological polar surface area (TPSA) is 66.2 Å². The van der Waals surface area contributed by atoms with Gasteiger partial charge in [0.25, 0.3) is 5.91 Å². The molecule has 2 heterocycles. The Morgan fingerprint density at radius 3 is 2.91 bits per heavy atom. The van der Waals surface area contributed by atoms with Crippen LogP contribution in [0.15, 0.2) is 65.9 Å². The van der Waals surface area contributed by atoms with E-state index in [-0.39, 0.29) is 11.7 Å².